The van der Waals surface area contributed by atoms with Crippen LogP contribution in [0.2, 0.25) is 0 Å². The van der Waals surface area contributed by atoms with Crippen LogP contribution in [0.25, 0.3) is 0 Å². The van der Waals surface area contributed by atoms with Crippen molar-refractivity contribution in [3.8, 4) is 0 Å². The molecule has 0 saturated carbocycles. The van der Waals surface area contributed by atoms with E-state index in [4.69, 9.17) is 0 Å². The van der Waals surface area contributed by atoms with Gasteiger partial charge in [0.25, 0.3) is 0 Å². The first kappa shape index (κ1) is 21.8. The van der Waals surface area contributed by atoms with Gasteiger partial charge in [-0.1, -0.05) is 0 Å². The van der Waals surface area contributed by atoms with Crippen molar-refractivity contribution in [3.05, 3.63) is 0 Å². The Kier molecular flexibility index (Phi) is 14.3. The number of nitrogens with zero attached hydrogens (tertiary/aromatic N) is 4. The summed E-state index contributed by atoms with van der Waals surface area (Å²) in [7, 11) is 13.0. The summed E-state index contributed by atoms with van der Waals surface area (Å²) in [4.78, 5) is 9.57. The topological polar surface area (TPSA) is 13.0 Å². The normalized spacial score (nSPS) is 12.3. The van der Waals surface area contributed by atoms with E-state index in [1.807, 2.05) is 0 Å². The molecule has 0 aromatic carbocycles. The fourth-order valence-electron chi connectivity index (χ4n) is 2.63. The molecule has 0 unspecified atom stereocenters. The van der Waals surface area contributed by atoms with Crippen LogP contribution in [0.15, 0.2) is 0 Å². The standard InChI is InChI=1S/C18H42N4/c1-19(2)13-7-10-16-22(17-11-8-14-20(3)4)18-12-9-15-21(5)6/h7-18H2,1-6H3. The minimum atomic E-state index is 1.22. The van der Waals surface area contributed by atoms with Crippen LogP contribution in [0, 0.1) is 0 Å². The average Bonchev–Trinajstić information content (AvgIpc) is 2.42. The van der Waals surface area contributed by atoms with Crippen LogP contribution < -0.4 is 0 Å². The zero-order valence-electron chi connectivity index (χ0n) is 16.3. The molecule has 0 aromatic rings. The van der Waals surface area contributed by atoms with Crippen molar-refractivity contribution in [3.63, 3.8) is 0 Å². The van der Waals surface area contributed by atoms with E-state index in [9.17, 15) is 0 Å². The maximum absolute atomic E-state index is 2.70. The van der Waals surface area contributed by atoms with E-state index >= 15 is 0 Å². The van der Waals surface area contributed by atoms with Gasteiger partial charge in [-0.2, -0.15) is 0 Å². The third-order valence-electron chi connectivity index (χ3n) is 3.99. The Bertz CT molecular complexity index is 191. The third kappa shape index (κ3) is 16.2. The maximum Gasteiger partial charge on any atom is -0.00183 e. The summed E-state index contributed by atoms with van der Waals surface area (Å²) in [6, 6.07) is 0. The van der Waals surface area contributed by atoms with Gasteiger partial charge in [0.2, 0.25) is 0 Å². The van der Waals surface area contributed by atoms with Crippen molar-refractivity contribution >= 4 is 0 Å². The molecule has 4 heteroatoms. The Labute approximate surface area is 140 Å². The van der Waals surface area contributed by atoms with E-state index in [0.29, 0.717) is 0 Å². The number of hydrogen-bond acceptors (Lipinski definition) is 4. The molecule has 0 fully saturated rings. The van der Waals surface area contributed by atoms with E-state index in [1.165, 1.54) is 77.8 Å². The third-order valence-corrected chi connectivity index (χ3v) is 3.99. The highest BCUT2D eigenvalue weighted by molar-refractivity contribution is 4.61. The van der Waals surface area contributed by atoms with Gasteiger partial charge >= 0.3 is 0 Å². The van der Waals surface area contributed by atoms with Gasteiger partial charge in [-0.15, -0.1) is 0 Å². The lowest BCUT2D eigenvalue weighted by atomic mass is 10.2. The Morgan fingerprint density at radius 1 is 0.364 bits per heavy atom. The van der Waals surface area contributed by atoms with Gasteiger partial charge in [0.1, 0.15) is 0 Å². The molecule has 0 spiro atoms. The summed E-state index contributed by atoms with van der Waals surface area (Å²) in [5.41, 5.74) is 0. The first-order valence-corrected chi connectivity index (χ1v) is 9.08. The molecule has 0 amide bonds. The van der Waals surface area contributed by atoms with Gasteiger partial charge in [0.05, 0.1) is 0 Å². The van der Waals surface area contributed by atoms with Crippen molar-refractivity contribution in [2.45, 2.75) is 38.5 Å². The highest BCUT2D eigenvalue weighted by atomic mass is 15.1. The summed E-state index contributed by atoms with van der Waals surface area (Å²) in [6.45, 7) is 7.48. The van der Waals surface area contributed by atoms with Crippen molar-refractivity contribution in [1.82, 2.24) is 19.6 Å². The Morgan fingerprint density at radius 3 is 0.818 bits per heavy atom. The highest BCUT2D eigenvalue weighted by Crippen LogP contribution is 2.03. The minimum Gasteiger partial charge on any atom is -0.309 e. The van der Waals surface area contributed by atoms with Crippen LogP contribution in [-0.2, 0) is 0 Å². The van der Waals surface area contributed by atoms with E-state index in [1.54, 1.807) is 0 Å². The van der Waals surface area contributed by atoms with Crippen LogP contribution in [0.4, 0.5) is 0 Å². The molecule has 0 aromatic heterocycles. The summed E-state index contributed by atoms with van der Waals surface area (Å²) in [5, 5.41) is 0. The van der Waals surface area contributed by atoms with Crippen molar-refractivity contribution in [2.24, 2.45) is 0 Å². The summed E-state index contributed by atoms with van der Waals surface area (Å²) < 4.78 is 0. The van der Waals surface area contributed by atoms with Crippen LogP contribution >= 0.6 is 0 Å². The van der Waals surface area contributed by atoms with Gasteiger partial charge in [-0.25, -0.2) is 0 Å². The predicted molar refractivity (Wildman–Crippen MR) is 99.8 cm³/mol. The summed E-state index contributed by atoms with van der Waals surface area (Å²) in [5.74, 6) is 0. The molecule has 22 heavy (non-hydrogen) atoms. The number of hydrogen-bond donors (Lipinski definition) is 0. The van der Waals surface area contributed by atoms with Gasteiger partial charge in [0.15, 0.2) is 0 Å². The average molecular weight is 315 g/mol. The van der Waals surface area contributed by atoms with E-state index in [0.717, 1.165) is 0 Å². The Morgan fingerprint density at radius 2 is 0.591 bits per heavy atom. The second-order valence-corrected chi connectivity index (χ2v) is 7.37. The Hall–Kier alpha value is -0.160. The molecule has 0 aliphatic heterocycles. The van der Waals surface area contributed by atoms with E-state index in [-0.39, 0.29) is 0 Å². The first-order valence-electron chi connectivity index (χ1n) is 9.08. The monoisotopic (exact) mass is 314 g/mol. The summed E-state index contributed by atoms with van der Waals surface area (Å²) in [6.07, 6.45) is 7.95. The van der Waals surface area contributed by atoms with Gasteiger partial charge in [0, 0.05) is 0 Å². The molecule has 0 rings (SSSR count). The number of unbranched alkanes of at least 4 members (excludes halogenated alkanes) is 3. The molecular weight excluding hydrogens is 272 g/mol. The smallest absolute Gasteiger partial charge is 0.00183 e. The quantitative estimate of drug-likeness (QED) is 0.430. The van der Waals surface area contributed by atoms with Crippen molar-refractivity contribution in [1.29, 1.82) is 0 Å². The van der Waals surface area contributed by atoms with Crippen LogP contribution in [0.5, 0.6) is 0 Å². The van der Waals surface area contributed by atoms with Crippen molar-refractivity contribution in [2.75, 3.05) is 81.6 Å². The molecule has 4 nitrogen and oxygen atoms in total. The first-order chi connectivity index (χ1) is 10.4. The van der Waals surface area contributed by atoms with Crippen LogP contribution in [-0.4, -0.2) is 101 Å². The molecule has 0 bridgehead atoms. The Balaban J connectivity index is 3.86. The van der Waals surface area contributed by atoms with E-state index in [2.05, 4.69) is 61.9 Å². The second-order valence-electron chi connectivity index (χ2n) is 7.37. The molecule has 0 aliphatic rings. The summed E-state index contributed by atoms with van der Waals surface area (Å²) >= 11 is 0. The molecule has 0 N–H and O–H groups in total. The zero-order valence-corrected chi connectivity index (χ0v) is 16.3. The van der Waals surface area contributed by atoms with Crippen molar-refractivity contribution < 1.29 is 0 Å². The molecule has 0 radical (unpaired) electrons. The molecule has 0 saturated heterocycles. The predicted octanol–water partition coefficient (Wildman–Crippen LogP) is 2.31. The van der Waals surface area contributed by atoms with Crippen LogP contribution in [0.1, 0.15) is 38.5 Å². The molecule has 0 aliphatic carbocycles. The molecule has 0 atom stereocenters. The van der Waals surface area contributed by atoms with Gasteiger partial charge in [-0.05, 0) is 120 Å². The van der Waals surface area contributed by atoms with Gasteiger partial charge < -0.3 is 19.6 Å². The molecule has 134 valence electrons. The molecule has 0 heterocycles. The van der Waals surface area contributed by atoms with Gasteiger partial charge in [-0.3, -0.25) is 0 Å². The number of rotatable bonds is 15. The largest absolute Gasteiger partial charge is 0.309 e. The lowest BCUT2D eigenvalue weighted by molar-refractivity contribution is 0.243. The second kappa shape index (κ2) is 14.4. The fraction of sp³-hybridized carbons (Fsp3) is 1.00. The lowest BCUT2D eigenvalue weighted by Crippen LogP contribution is -2.29. The lowest BCUT2D eigenvalue weighted by Gasteiger charge is -2.23. The van der Waals surface area contributed by atoms with Crippen LogP contribution in [0.3, 0.4) is 0 Å². The minimum absolute atomic E-state index is 1.22. The zero-order chi connectivity index (χ0) is 16.8. The SMILES string of the molecule is CN(C)CCCCN(CCCCN(C)C)CCCCN(C)C. The van der Waals surface area contributed by atoms with E-state index < -0.39 is 0 Å². The fourth-order valence-corrected chi connectivity index (χ4v) is 2.63. The maximum atomic E-state index is 2.70. The molecular formula is C18H42N4. The highest BCUT2D eigenvalue weighted by Gasteiger charge is 2.05.